The SMILES string of the molecule is CCCCC(NC(=O)c1[nH]c2c(c1C)C(=O)CC(C)(C)C2)C(=O)NCc1ccc(CN(CC)CC)cc1. The van der Waals surface area contributed by atoms with Gasteiger partial charge in [-0.15, -0.1) is 0 Å². The van der Waals surface area contributed by atoms with E-state index in [1.807, 2.05) is 19.1 Å². The molecule has 1 aliphatic rings. The lowest BCUT2D eigenvalue weighted by molar-refractivity contribution is -0.123. The number of hydrogen-bond donors (Lipinski definition) is 3. The lowest BCUT2D eigenvalue weighted by atomic mass is 9.75. The van der Waals surface area contributed by atoms with Crippen molar-refractivity contribution in [2.24, 2.45) is 5.41 Å². The van der Waals surface area contributed by atoms with Crippen molar-refractivity contribution in [3.63, 3.8) is 0 Å². The maximum absolute atomic E-state index is 13.2. The number of Topliss-reactive ketones (excluding diaryl/α,β-unsaturated/α-hetero) is 1. The second kappa shape index (κ2) is 12.5. The van der Waals surface area contributed by atoms with Gasteiger partial charge in [-0.2, -0.15) is 0 Å². The fourth-order valence-electron chi connectivity index (χ4n) is 5.15. The van der Waals surface area contributed by atoms with Gasteiger partial charge in [-0.3, -0.25) is 19.3 Å². The van der Waals surface area contributed by atoms with E-state index < -0.39 is 6.04 Å². The lowest BCUT2D eigenvalue weighted by Gasteiger charge is -2.28. The van der Waals surface area contributed by atoms with Gasteiger partial charge in [0.25, 0.3) is 5.91 Å². The molecule has 1 aliphatic carbocycles. The Morgan fingerprint density at radius 1 is 1.05 bits per heavy atom. The van der Waals surface area contributed by atoms with Crippen LogP contribution in [-0.4, -0.2) is 46.6 Å². The van der Waals surface area contributed by atoms with Crippen molar-refractivity contribution in [1.82, 2.24) is 20.5 Å². The largest absolute Gasteiger partial charge is 0.354 e. The number of H-pyrrole nitrogens is 1. The average Bonchev–Trinajstić information content (AvgIpc) is 3.19. The molecule has 1 heterocycles. The predicted molar refractivity (Wildman–Crippen MR) is 148 cm³/mol. The van der Waals surface area contributed by atoms with Crippen LogP contribution in [0.15, 0.2) is 24.3 Å². The summed E-state index contributed by atoms with van der Waals surface area (Å²) in [6.07, 6.45) is 3.49. The molecule has 2 amide bonds. The van der Waals surface area contributed by atoms with Gasteiger partial charge in [-0.1, -0.05) is 71.7 Å². The van der Waals surface area contributed by atoms with E-state index in [-0.39, 0.29) is 23.0 Å². The zero-order valence-corrected chi connectivity index (χ0v) is 23.4. The lowest BCUT2D eigenvalue weighted by Crippen LogP contribution is -2.46. The third kappa shape index (κ3) is 7.31. The number of aromatic amines is 1. The molecule has 3 rings (SSSR count). The summed E-state index contributed by atoms with van der Waals surface area (Å²) in [6.45, 7) is 15.7. The number of carbonyl (C=O) groups excluding carboxylic acids is 3. The second-order valence-electron chi connectivity index (χ2n) is 11.1. The van der Waals surface area contributed by atoms with Gasteiger partial charge in [0, 0.05) is 30.8 Å². The highest BCUT2D eigenvalue weighted by molar-refractivity contribution is 6.05. The molecule has 3 N–H and O–H groups in total. The normalized spacial score (nSPS) is 15.4. The van der Waals surface area contributed by atoms with Gasteiger partial charge in [0.1, 0.15) is 11.7 Å². The van der Waals surface area contributed by atoms with E-state index in [1.54, 1.807) is 0 Å². The molecule has 202 valence electrons. The van der Waals surface area contributed by atoms with Gasteiger partial charge in [-0.05, 0) is 55.0 Å². The van der Waals surface area contributed by atoms with Crippen LogP contribution in [0, 0.1) is 12.3 Å². The quantitative estimate of drug-likeness (QED) is 0.379. The smallest absolute Gasteiger partial charge is 0.268 e. The first-order chi connectivity index (χ1) is 17.6. The van der Waals surface area contributed by atoms with Crippen molar-refractivity contribution in [2.75, 3.05) is 13.1 Å². The van der Waals surface area contributed by atoms with Crippen LogP contribution < -0.4 is 10.6 Å². The Labute approximate surface area is 221 Å². The van der Waals surface area contributed by atoms with E-state index in [2.05, 4.69) is 67.3 Å². The maximum Gasteiger partial charge on any atom is 0.268 e. The standard InChI is InChI=1S/C30H44N4O3/c1-7-10-11-23(28(36)31-18-21-12-14-22(15-13-21)19-34(8-2)9-3)33-29(37)27-20(4)26-24(32-27)16-30(5,6)17-25(26)35/h12-15,23,32H,7-11,16-19H2,1-6H3,(H,31,36)(H,33,37). The number of amides is 2. The van der Waals surface area contributed by atoms with E-state index in [4.69, 9.17) is 0 Å². The highest BCUT2D eigenvalue weighted by atomic mass is 16.2. The predicted octanol–water partition coefficient (Wildman–Crippen LogP) is 4.93. The zero-order chi connectivity index (χ0) is 27.2. The topological polar surface area (TPSA) is 94.3 Å². The van der Waals surface area contributed by atoms with Crippen LogP contribution in [0.1, 0.15) is 104 Å². The van der Waals surface area contributed by atoms with E-state index >= 15 is 0 Å². The molecule has 7 heteroatoms. The Bertz CT molecular complexity index is 1100. The van der Waals surface area contributed by atoms with E-state index in [0.29, 0.717) is 36.2 Å². The number of ketones is 1. The van der Waals surface area contributed by atoms with Crippen molar-refractivity contribution in [3.05, 3.63) is 57.9 Å². The van der Waals surface area contributed by atoms with Crippen LogP contribution in [0.4, 0.5) is 0 Å². The number of rotatable bonds is 12. The summed E-state index contributed by atoms with van der Waals surface area (Å²) >= 11 is 0. The highest BCUT2D eigenvalue weighted by Crippen LogP contribution is 2.36. The molecular weight excluding hydrogens is 464 g/mol. The van der Waals surface area contributed by atoms with Crippen LogP contribution in [0.25, 0.3) is 0 Å². The van der Waals surface area contributed by atoms with Crippen molar-refractivity contribution >= 4 is 17.6 Å². The Balaban J connectivity index is 1.65. The number of aromatic nitrogens is 1. The number of nitrogens with zero attached hydrogens (tertiary/aromatic N) is 1. The molecule has 1 unspecified atom stereocenters. The summed E-state index contributed by atoms with van der Waals surface area (Å²) in [7, 11) is 0. The molecule has 2 aromatic rings. The van der Waals surface area contributed by atoms with Gasteiger partial charge in [0.2, 0.25) is 5.91 Å². The van der Waals surface area contributed by atoms with Crippen LogP contribution in [0.3, 0.4) is 0 Å². The number of fused-ring (bicyclic) bond motifs is 1. The highest BCUT2D eigenvalue weighted by Gasteiger charge is 2.35. The van der Waals surface area contributed by atoms with E-state index in [0.717, 1.165) is 50.2 Å². The van der Waals surface area contributed by atoms with E-state index in [1.165, 1.54) is 5.56 Å². The van der Waals surface area contributed by atoms with Crippen LogP contribution in [0.2, 0.25) is 0 Å². The van der Waals surface area contributed by atoms with Crippen molar-refractivity contribution in [1.29, 1.82) is 0 Å². The molecule has 37 heavy (non-hydrogen) atoms. The minimum absolute atomic E-state index is 0.0717. The van der Waals surface area contributed by atoms with Crippen LogP contribution in [-0.2, 0) is 24.3 Å². The minimum Gasteiger partial charge on any atom is -0.354 e. The van der Waals surface area contributed by atoms with Crippen LogP contribution in [0.5, 0.6) is 0 Å². The molecule has 7 nitrogen and oxygen atoms in total. The molecule has 0 saturated carbocycles. The maximum atomic E-state index is 13.2. The molecule has 1 aromatic carbocycles. The monoisotopic (exact) mass is 508 g/mol. The number of unbranched alkanes of at least 4 members (excludes halogenated alkanes) is 1. The van der Waals surface area contributed by atoms with Crippen LogP contribution >= 0.6 is 0 Å². The molecule has 1 aromatic heterocycles. The summed E-state index contributed by atoms with van der Waals surface area (Å²) in [5.41, 5.74) is 4.65. The zero-order valence-electron chi connectivity index (χ0n) is 23.4. The first-order valence-electron chi connectivity index (χ1n) is 13.7. The fraction of sp³-hybridized carbons (Fsp3) is 0.567. The molecule has 0 aliphatic heterocycles. The number of nitrogens with one attached hydrogen (secondary N) is 3. The molecular formula is C30H44N4O3. The van der Waals surface area contributed by atoms with Gasteiger partial charge in [-0.25, -0.2) is 0 Å². The molecule has 0 radical (unpaired) electrons. The first kappa shape index (κ1) is 28.6. The number of carbonyl (C=O) groups is 3. The molecule has 0 bridgehead atoms. The summed E-state index contributed by atoms with van der Waals surface area (Å²) < 4.78 is 0. The Kier molecular flexibility index (Phi) is 9.71. The number of hydrogen-bond acceptors (Lipinski definition) is 4. The van der Waals surface area contributed by atoms with E-state index in [9.17, 15) is 14.4 Å². The first-order valence-corrected chi connectivity index (χ1v) is 13.7. The Hall–Kier alpha value is -2.93. The van der Waals surface area contributed by atoms with Crippen molar-refractivity contribution in [3.8, 4) is 0 Å². The number of benzene rings is 1. The van der Waals surface area contributed by atoms with Gasteiger partial charge in [0.05, 0.1) is 0 Å². The van der Waals surface area contributed by atoms with Gasteiger partial charge in [0.15, 0.2) is 5.78 Å². The van der Waals surface area contributed by atoms with Crippen molar-refractivity contribution < 1.29 is 14.4 Å². The summed E-state index contributed by atoms with van der Waals surface area (Å²) in [4.78, 5) is 44.6. The molecule has 0 spiro atoms. The summed E-state index contributed by atoms with van der Waals surface area (Å²) in [5, 5.41) is 5.93. The van der Waals surface area contributed by atoms with Crippen molar-refractivity contribution in [2.45, 2.75) is 92.8 Å². The summed E-state index contributed by atoms with van der Waals surface area (Å²) in [6, 6.07) is 7.66. The minimum atomic E-state index is -0.638. The third-order valence-electron chi connectivity index (χ3n) is 7.39. The van der Waals surface area contributed by atoms with Gasteiger partial charge >= 0.3 is 0 Å². The average molecular weight is 509 g/mol. The Morgan fingerprint density at radius 2 is 1.70 bits per heavy atom. The molecule has 1 atom stereocenters. The Morgan fingerprint density at radius 3 is 2.32 bits per heavy atom. The second-order valence-corrected chi connectivity index (χ2v) is 11.1. The fourth-order valence-corrected chi connectivity index (χ4v) is 5.15. The molecule has 0 fully saturated rings. The summed E-state index contributed by atoms with van der Waals surface area (Å²) in [5.74, 6) is -0.461. The van der Waals surface area contributed by atoms with Gasteiger partial charge < -0.3 is 15.6 Å². The molecule has 0 saturated heterocycles. The third-order valence-corrected chi connectivity index (χ3v) is 7.39.